The molecule has 25 heavy (non-hydrogen) atoms. The number of halogens is 1. The van der Waals surface area contributed by atoms with E-state index in [1.54, 1.807) is 18.2 Å². The lowest BCUT2D eigenvalue weighted by atomic mass is 10.2. The molecule has 0 fully saturated rings. The van der Waals surface area contributed by atoms with E-state index in [2.05, 4.69) is 21.2 Å². The van der Waals surface area contributed by atoms with Crippen LogP contribution in [0, 0.1) is 6.92 Å². The van der Waals surface area contributed by atoms with Crippen molar-refractivity contribution in [1.82, 2.24) is 0 Å². The van der Waals surface area contributed by atoms with Gasteiger partial charge in [0.1, 0.15) is 5.75 Å². The van der Waals surface area contributed by atoms with Gasteiger partial charge >= 0.3 is 0 Å². The summed E-state index contributed by atoms with van der Waals surface area (Å²) in [5, 5.41) is 2.80. The molecule has 2 rings (SSSR count). The van der Waals surface area contributed by atoms with Gasteiger partial charge in [-0.3, -0.25) is 4.79 Å². The number of amides is 1. The summed E-state index contributed by atoms with van der Waals surface area (Å²) >= 11 is 3.43. The Morgan fingerprint density at radius 2 is 1.64 bits per heavy atom. The maximum Gasteiger partial charge on any atom is 0.262 e. The second kappa shape index (κ2) is 9.32. The van der Waals surface area contributed by atoms with Crippen LogP contribution in [0.3, 0.4) is 0 Å². The number of carbonyl (C=O) groups excluding carboxylic acids is 1. The minimum atomic E-state index is -0.251. The highest BCUT2D eigenvalue weighted by Gasteiger charge is 2.10. The van der Waals surface area contributed by atoms with Gasteiger partial charge in [0.25, 0.3) is 5.91 Å². The number of anilines is 1. The molecule has 0 saturated heterocycles. The first-order valence-electron chi connectivity index (χ1n) is 8.12. The maximum absolute atomic E-state index is 12.1. The highest BCUT2D eigenvalue weighted by molar-refractivity contribution is 9.10. The summed E-state index contributed by atoms with van der Waals surface area (Å²) in [6.45, 7) is 6.77. The summed E-state index contributed by atoms with van der Waals surface area (Å²) in [6, 6.07) is 11.0. The quantitative estimate of drug-likeness (QED) is 0.695. The molecule has 2 aromatic carbocycles. The van der Waals surface area contributed by atoms with Crippen molar-refractivity contribution in [1.29, 1.82) is 0 Å². The number of carbonyl (C=O) groups is 1. The van der Waals surface area contributed by atoms with Crippen molar-refractivity contribution in [3.8, 4) is 17.2 Å². The second-order valence-electron chi connectivity index (χ2n) is 5.30. The molecule has 134 valence electrons. The number of benzene rings is 2. The standard InChI is InChI=1S/C19H22BrNO4/c1-4-23-17-9-7-14(11-18(17)24-5-2)21-19(22)12-25-16-8-6-13(3)10-15(16)20/h6-11H,4-5,12H2,1-3H3,(H,21,22). The van der Waals surface area contributed by atoms with Crippen LogP contribution in [0.15, 0.2) is 40.9 Å². The zero-order valence-corrected chi connectivity index (χ0v) is 16.2. The normalized spacial score (nSPS) is 10.2. The van der Waals surface area contributed by atoms with Crippen molar-refractivity contribution < 1.29 is 19.0 Å². The van der Waals surface area contributed by atoms with Crippen LogP contribution in [0.25, 0.3) is 0 Å². The molecule has 0 saturated carbocycles. The fourth-order valence-electron chi connectivity index (χ4n) is 2.19. The van der Waals surface area contributed by atoms with E-state index in [1.165, 1.54) is 0 Å². The van der Waals surface area contributed by atoms with E-state index in [1.807, 2.05) is 39.0 Å². The molecule has 5 nitrogen and oxygen atoms in total. The Hall–Kier alpha value is -2.21. The number of aryl methyl sites for hydroxylation is 1. The van der Waals surface area contributed by atoms with E-state index in [0.29, 0.717) is 36.1 Å². The third-order valence-corrected chi connectivity index (χ3v) is 3.89. The fourth-order valence-corrected chi connectivity index (χ4v) is 2.80. The number of hydrogen-bond donors (Lipinski definition) is 1. The van der Waals surface area contributed by atoms with Gasteiger partial charge in [-0.25, -0.2) is 0 Å². The molecule has 0 radical (unpaired) electrons. The lowest BCUT2D eigenvalue weighted by Crippen LogP contribution is -2.20. The smallest absolute Gasteiger partial charge is 0.262 e. The lowest BCUT2D eigenvalue weighted by molar-refractivity contribution is -0.118. The summed E-state index contributed by atoms with van der Waals surface area (Å²) in [4.78, 5) is 12.1. The van der Waals surface area contributed by atoms with Gasteiger partial charge in [-0.05, 0) is 66.5 Å². The van der Waals surface area contributed by atoms with Gasteiger partial charge in [0.2, 0.25) is 0 Å². The van der Waals surface area contributed by atoms with Crippen LogP contribution in [0.2, 0.25) is 0 Å². The van der Waals surface area contributed by atoms with Gasteiger partial charge < -0.3 is 19.5 Å². The molecule has 0 atom stereocenters. The molecule has 0 aliphatic heterocycles. The van der Waals surface area contributed by atoms with E-state index in [4.69, 9.17) is 14.2 Å². The number of rotatable bonds is 8. The van der Waals surface area contributed by atoms with E-state index in [-0.39, 0.29) is 12.5 Å². The van der Waals surface area contributed by atoms with Crippen molar-refractivity contribution >= 4 is 27.5 Å². The molecule has 0 aliphatic carbocycles. The molecule has 1 N–H and O–H groups in total. The van der Waals surface area contributed by atoms with Crippen molar-refractivity contribution in [2.75, 3.05) is 25.1 Å². The SMILES string of the molecule is CCOc1ccc(NC(=O)COc2ccc(C)cc2Br)cc1OCC. The molecule has 6 heteroatoms. The third-order valence-electron chi connectivity index (χ3n) is 3.27. The van der Waals surface area contributed by atoms with Crippen LogP contribution in [-0.2, 0) is 4.79 Å². The molecule has 0 unspecified atom stereocenters. The van der Waals surface area contributed by atoms with E-state index >= 15 is 0 Å². The Kier molecular flexibility index (Phi) is 7.13. The molecular weight excluding hydrogens is 386 g/mol. The van der Waals surface area contributed by atoms with Crippen LogP contribution in [0.5, 0.6) is 17.2 Å². The first-order valence-corrected chi connectivity index (χ1v) is 8.91. The molecule has 1 amide bonds. The summed E-state index contributed by atoms with van der Waals surface area (Å²) < 4.78 is 17.4. The molecule has 0 aliphatic rings. The largest absolute Gasteiger partial charge is 0.490 e. The van der Waals surface area contributed by atoms with Crippen LogP contribution in [-0.4, -0.2) is 25.7 Å². The van der Waals surface area contributed by atoms with E-state index in [0.717, 1.165) is 10.0 Å². The lowest BCUT2D eigenvalue weighted by Gasteiger charge is -2.13. The molecule has 0 heterocycles. The summed E-state index contributed by atoms with van der Waals surface area (Å²) in [7, 11) is 0. The minimum absolute atomic E-state index is 0.0845. The van der Waals surface area contributed by atoms with Crippen LogP contribution < -0.4 is 19.5 Å². The molecule has 2 aromatic rings. The highest BCUT2D eigenvalue weighted by atomic mass is 79.9. The Balaban J connectivity index is 1.98. The van der Waals surface area contributed by atoms with E-state index < -0.39 is 0 Å². The fraction of sp³-hybridized carbons (Fsp3) is 0.316. The second-order valence-corrected chi connectivity index (χ2v) is 6.15. The number of nitrogens with one attached hydrogen (secondary N) is 1. The van der Waals surface area contributed by atoms with Gasteiger partial charge in [0.15, 0.2) is 18.1 Å². The van der Waals surface area contributed by atoms with Gasteiger partial charge in [-0.1, -0.05) is 6.07 Å². The van der Waals surface area contributed by atoms with Crippen molar-refractivity contribution in [3.05, 3.63) is 46.4 Å². The first-order chi connectivity index (χ1) is 12.0. The molecule has 0 aromatic heterocycles. The topological polar surface area (TPSA) is 56.8 Å². The number of hydrogen-bond acceptors (Lipinski definition) is 4. The first kappa shape index (κ1) is 19.1. The van der Waals surface area contributed by atoms with Crippen molar-refractivity contribution in [3.63, 3.8) is 0 Å². The van der Waals surface area contributed by atoms with Crippen LogP contribution >= 0.6 is 15.9 Å². The number of ether oxygens (including phenoxy) is 3. The third kappa shape index (κ3) is 5.67. The van der Waals surface area contributed by atoms with Gasteiger partial charge in [0.05, 0.1) is 17.7 Å². The molecular formula is C19H22BrNO4. The highest BCUT2D eigenvalue weighted by Crippen LogP contribution is 2.30. The summed E-state index contributed by atoms with van der Waals surface area (Å²) in [5.41, 5.74) is 1.74. The Morgan fingerprint density at radius 1 is 0.960 bits per heavy atom. The van der Waals surface area contributed by atoms with Crippen LogP contribution in [0.4, 0.5) is 5.69 Å². The average molecular weight is 408 g/mol. The van der Waals surface area contributed by atoms with Crippen molar-refractivity contribution in [2.45, 2.75) is 20.8 Å². The minimum Gasteiger partial charge on any atom is -0.490 e. The van der Waals surface area contributed by atoms with Gasteiger partial charge in [-0.15, -0.1) is 0 Å². The van der Waals surface area contributed by atoms with Crippen molar-refractivity contribution in [2.24, 2.45) is 0 Å². The zero-order chi connectivity index (χ0) is 18.2. The molecule has 0 spiro atoms. The van der Waals surface area contributed by atoms with Crippen LogP contribution in [0.1, 0.15) is 19.4 Å². The average Bonchev–Trinajstić information content (AvgIpc) is 2.57. The Labute approximate surface area is 156 Å². The van der Waals surface area contributed by atoms with Gasteiger partial charge in [0, 0.05) is 11.8 Å². The Morgan fingerprint density at radius 3 is 2.32 bits per heavy atom. The van der Waals surface area contributed by atoms with Gasteiger partial charge in [-0.2, -0.15) is 0 Å². The predicted octanol–water partition coefficient (Wildman–Crippen LogP) is 4.57. The monoisotopic (exact) mass is 407 g/mol. The Bertz CT molecular complexity index is 733. The van der Waals surface area contributed by atoms with E-state index in [9.17, 15) is 4.79 Å². The molecule has 0 bridgehead atoms. The zero-order valence-electron chi connectivity index (χ0n) is 14.6. The summed E-state index contributed by atoms with van der Waals surface area (Å²) in [6.07, 6.45) is 0. The summed E-state index contributed by atoms with van der Waals surface area (Å²) in [5.74, 6) is 1.63. The predicted molar refractivity (Wildman–Crippen MR) is 102 cm³/mol. The maximum atomic E-state index is 12.1.